The maximum absolute atomic E-state index is 13.2. The molecular formula is C26H36N4O5S2. The van der Waals surface area contributed by atoms with Crippen molar-refractivity contribution in [1.29, 1.82) is 0 Å². The molecule has 0 saturated carbocycles. The van der Waals surface area contributed by atoms with Crippen molar-refractivity contribution in [2.24, 2.45) is 0 Å². The van der Waals surface area contributed by atoms with Crippen molar-refractivity contribution < 1.29 is 23.1 Å². The number of nitrogens with two attached hydrogens (primary N) is 1. The third kappa shape index (κ3) is 8.13. The minimum Gasteiger partial charge on any atom is -0.443 e. The van der Waals surface area contributed by atoms with Gasteiger partial charge in [-0.05, 0) is 64.3 Å². The smallest absolute Gasteiger partial charge is 0.425 e. The number of fused-ring (bicyclic) bond motifs is 1. The summed E-state index contributed by atoms with van der Waals surface area (Å²) in [6.45, 7) is 8.52. The van der Waals surface area contributed by atoms with Gasteiger partial charge in [-0.15, -0.1) is 0 Å². The van der Waals surface area contributed by atoms with E-state index in [2.05, 4.69) is 10.4 Å². The van der Waals surface area contributed by atoms with Crippen LogP contribution in [0.2, 0.25) is 0 Å². The van der Waals surface area contributed by atoms with Crippen molar-refractivity contribution in [3.63, 3.8) is 0 Å². The van der Waals surface area contributed by atoms with E-state index in [1.54, 1.807) is 26.8 Å². The van der Waals surface area contributed by atoms with Crippen LogP contribution >= 0.6 is 11.3 Å². The second kappa shape index (κ2) is 11.3. The highest BCUT2D eigenvalue weighted by Gasteiger charge is 2.34. The zero-order valence-electron chi connectivity index (χ0n) is 21.9. The van der Waals surface area contributed by atoms with E-state index in [1.807, 2.05) is 37.3 Å². The Morgan fingerprint density at radius 1 is 1.19 bits per heavy atom. The number of benzene rings is 2. The number of anilines is 1. The number of rotatable bonds is 10. The zero-order chi connectivity index (χ0) is 27.4. The molecular weight excluding hydrogens is 512 g/mol. The lowest BCUT2D eigenvalue weighted by Crippen LogP contribution is -2.56. The summed E-state index contributed by atoms with van der Waals surface area (Å²) in [6, 6.07) is 14.0. The van der Waals surface area contributed by atoms with Crippen LogP contribution in [0.5, 0.6) is 0 Å². The maximum atomic E-state index is 13.2. The van der Waals surface area contributed by atoms with E-state index in [0.29, 0.717) is 28.2 Å². The number of hydrogen-bond acceptors (Lipinski definition) is 9. The molecule has 0 bridgehead atoms. The molecule has 9 nitrogen and oxygen atoms in total. The number of nitrogen functional groups attached to an aromatic ring is 1. The van der Waals surface area contributed by atoms with Gasteiger partial charge in [0.15, 0.2) is 15.0 Å². The number of thiazole rings is 1. The number of carbonyl (C=O) groups is 1. The predicted molar refractivity (Wildman–Crippen MR) is 147 cm³/mol. The van der Waals surface area contributed by atoms with Crippen LogP contribution in [0.25, 0.3) is 10.2 Å². The number of nitrogens with one attached hydrogen (secondary N) is 1. The summed E-state index contributed by atoms with van der Waals surface area (Å²) >= 11 is 1.20. The van der Waals surface area contributed by atoms with Gasteiger partial charge in [0.1, 0.15) is 5.60 Å². The van der Waals surface area contributed by atoms with Gasteiger partial charge in [-0.2, -0.15) is 0 Å². The van der Waals surface area contributed by atoms with Gasteiger partial charge in [-0.3, -0.25) is 0 Å². The minimum atomic E-state index is -3.86. The van der Waals surface area contributed by atoms with E-state index in [4.69, 9.17) is 10.5 Å². The highest BCUT2D eigenvalue weighted by Crippen LogP contribution is 2.27. The van der Waals surface area contributed by atoms with Gasteiger partial charge < -0.3 is 15.6 Å². The molecule has 1 heterocycles. The number of aromatic nitrogens is 1. The van der Waals surface area contributed by atoms with E-state index in [1.165, 1.54) is 35.4 Å². The molecule has 3 aromatic rings. The number of amides is 1. The van der Waals surface area contributed by atoms with Crippen LogP contribution in [0.15, 0.2) is 53.4 Å². The molecule has 0 saturated heterocycles. The first-order valence-corrected chi connectivity index (χ1v) is 14.6. The first kappa shape index (κ1) is 28.8. The molecule has 2 atom stereocenters. The van der Waals surface area contributed by atoms with Crippen molar-refractivity contribution >= 4 is 42.6 Å². The predicted octanol–water partition coefficient (Wildman–Crippen LogP) is 4.17. The van der Waals surface area contributed by atoms with Crippen molar-refractivity contribution in [3.05, 3.63) is 54.1 Å². The molecule has 1 unspecified atom stereocenters. The Labute approximate surface area is 222 Å². The lowest BCUT2D eigenvalue weighted by Gasteiger charge is -2.35. The van der Waals surface area contributed by atoms with E-state index >= 15 is 0 Å². The van der Waals surface area contributed by atoms with Gasteiger partial charge in [0.25, 0.3) is 0 Å². The Morgan fingerprint density at radius 3 is 2.49 bits per heavy atom. The average molecular weight is 549 g/mol. The van der Waals surface area contributed by atoms with Crippen LogP contribution in [0.3, 0.4) is 0 Å². The quantitative estimate of drug-likeness (QED) is 0.321. The summed E-state index contributed by atoms with van der Waals surface area (Å²) in [5.41, 5.74) is 7.95. The Bertz CT molecular complexity index is 1320. The average Bonchev–Trinajstić information content (AvgIpc) is 3.16. The van der Waals surface area contributed by atoms with Gasteiger partial charge in [-0.1, -0.05) is 48.6 Å². The molecule has 0 spiro atoms. The number of ether oxygens (including phenoxy) is 1. The number of hydrazine groups is 1. The van der Waals surface area contributed by atoms with Crippen LogP contribution in [-0.4, -0.2) is 59.2 Å². The number of hydrogen-bond donors (Lipinski definition) is 3. The standard InChI is InChI=1S/C26H36N4O5S2/c1-6-19(14-18-10-8-7-9-11-18)30(24(31)35-25(2,3)4)28-16-26(5,32)17-37(33,34)20-12-13-21-22(15-20)36-23(27)29-21/h7-13,15,19,28,32H,6,14,16-17H2,1-5H3,(H2,27,29)/t19?,26-/m1/s1. The third-order valence-corrected chi connectivity index (χ3v) is 8.43. The molecule has 202 valence electrons. The summed E-state index contributed by atoms with van der Waals surface area (Å²) in [7, 11) is -3.86. The topological polar surface area (TPSA) is 135 Å². The van der Waals surface area contributed by atoms with Crippen molar-refractivity contribution in [2.45, 2.75) is 69.6 Å². The Hall–Kier alpha value is -2.73. The maximum Gasteiger partial charge on any atom is 0.425 e. The molecule has 0 radical (unpaired) electrons. The molecule has 2 aromatic carbocycles. The second-order valence-electron chi connectivity index (χ2n) is 10.4. The molecule has 37 heavy (non-hydrogen) atoms. The molecule has 11 heteroatoms. The fourth-order valence-electron chi connectivity index (χ4n) is 3.87. The number of nitrogens with zero attached hydrogens (tertiary/aromatic N) is 2. The number of carbonyl (C=O) groups excluding carboxylic acids is 1. The monoisotopic (exact) mass is 548 g/mol. The van der Waals surface area contributed by atoms with Crippen LogP contribution in [0.4, 0.5) is 9.93 Å². The minimum absolute atomic E-state index is 0.0726. The Morgan fingerprint density at radius 2 is 1.86 bits per heavy atom. The van der Waals surface area contributed by atoms with Gasteiger partial charge >= 0.3 is 6.09 Å². The van der Waals surface area contributed by atoms with E-state index in [9.17, 15) is 18.3 Å². The first-order chi connectivity index (χ1) is 17.2. The fourth-order valence-corrected chi connectivity index (χ4v) is 6.38. The lowest BCUT2D eigenvalue weighted by atomic mass is 10.0. The normalized spacial score (nSPS) is 14.8. The number of aliphatic hydroxyl groups is 1. The molecule has 0 aliphatic heterocycles. The molecule has 0 aliphatic carbocycles. The summed E-state index contributed by atoms with van der Waals surface area (Å²) in [5.74, 6) is -0.551. The van der Waals surface area contributed by atoms with E-state index in [0.717, 1.165) is 5.56 Å². The first-order valence-electron chi connectivity index (χ1n) is 12.1. The SMILES string of the molecule is CCC(Cc1ccccc1)N(NC[C@@](C)(O)CS(=O)(=O)c1ccc2nc(N)sc2c1)C(=O)OC(C)(C)C. The Kier molecular flexibility index (Phi) is 8.84. The summed E-state index contributed by atoms with van der Waals surface area (Å²) in [4.78, 5) is 17.3. The van der Waals surface area contributed by atoms with Gasteiger partial charge in [-0.25, -0.2) is 28.6 Å². The second-order valence-corrected chi connectivity index (χ2v) is 13.4. The summed E-state index contributed by atoms with van der Waals surface area (Å²) < 4.78 is 32.6. The van der Waals surface area contributed by atoms with E-state index in [-0.39, 0.29) is 17.5 Å². The van der Waals surface area contributed by atoms with Crippen molar-refractivity contribution in [3.8, 4) is 0 Å². The summed E-state index contributed by atoms with van der Waals surface area (Å²) in [6.07, 6.45) is 0.573. The molecule has 0 fully saturated rings. The van der Waals surface area contributed by atoms with Crippen LogP contribution in [0, 0.1) is 0 Å². The molecule has 1 amide bonds. The van der Waals surface area contributed by atoms with Gasteiger partial charge in [0.05, 0.1) is 32.5 Å². The molecule has 3 rings (SSSR count). The highest BCUT2D eigenvalue weighted by molar-refractivity contribution is 7.91. The Balaban J connectivity index is 1.78. The third-order valence-electron chi connectivity index (χ3n) is 5.61. The number of sulfone groups is 1. The van der Waals surface area contributed by atoms with E-state index < -0.39 is 32.9 Å². The van der Waals surface area contributed by atoms with Crippen LogP contribution in [-0.2, 0) is 21.0 Å². The van der Waals surface area contributed by atoms with Gasteiger partial charge in [0, 0.05) is 6.54 Å². The zero-order valence-corrected chi connectivity index (χ0v) is 23.5. The van der Waals surface area contributed by atoms with Crippen molar-refractivity contribution in [1.82, 2.24) is 15.4 Å². The largest absolute Gasteiger partial charge is 0.443 e. The van der Waals surface area contributed by atoms with Gasteiger partial charge in [0.2, 0.25) is 0 Å². The fraction of sp³-hybridized carbons (Fsp3) is 0.462. The summed E-state index contributed by atoms with van der Waals surface area (Å²) in [5, 5.41) is 12.8. The van der Waals surface area contributed by atoms with Crippen LogP contribution in [0.1, 0.15) is 46.6 Å². The highest BCUT2D eigenvalue weighted by atomic mass is 32.2. The molecule has 0 aliphatic rings. The van der Waals surface area contributed by atoms with Crippen LogP contribution < -0.4 is 11.2 Å². The van der Waals surface area contributed by atoms with Crippen molar-refractivity contribution in [2.75, 3.05) is 18.0 Å². The molecule has 4 N–H and O–H groups in total. The molecule has 1 aromatic heterocycles. The lowest BCUT2D eigenvalue weighted by molar-refractivity contribution is -0.0111.